The van der Waals surface area contributed by atoms with E-state index in [1.54, 1.807) is 22.0 Å². The van der Waals surface area contributed by atoms with Crippen LogP contribution in [0, 0.1) is 0 Å². The molecule has 1 atom stereocenters. The first kappa shape index (κ1) is 20.4. The number of amides is 2. The van der Waals surface area contributed by atoms with Crippen LogP contribution in [0.15, 0.2) is 30.7 Å². The van der Waals surface area contributed by atoms with Crippen molar-refractivity contribution < 1.29 is 4.79 Å². The number of pyridine rings is 2. The Balaban J connectivity index is 0.00000218. The fraction of sp³-hybridized carbons (Fsp3) is 0.400. The summed E-state index contributed by atoms with van der Waals surface area (Å²) in [6, 6.07) is 4.14. The summed E-state index contributed by atoms with van der Waals surface area (Å²) in [6.07, 6.45) is 6.18. The minimum atomic E-state index is -0.210. The van der Waals surface area contributed by atoms with E-state index in [2.05, 4.69) is 43.6 Å². The Morgan fingerprint density at radius 2 is 2.17 bits per heavy atom. The molecule has 9 nitrogen and oxygen atoms in total. The van der Waals surface area contributed by atoms with Crippen molar-refractivity contribution in [3.63, 3.8) is 0 Å². The first-order valence-corrected chi connectivity index (χ1v) is 9.92. The van der Waals surface area contributed by atoms with Crippen LogP contribution in [0.1, 0.15) is 12.5 Å². The summed E-state index contributed by atoms with van der Waals surface area (Å²) >= 11 is 0. The van der Waals surface area contributed by atoms with Gasteiger partial charge in [-0.05, 0) is 25.5 Å². The Morgan fingerprint density at radius 3 is 3.00 bits per heavy atom. The summed E-state index contributed by atoms with van der Waals surface area (Å²) in [7, 11) is 1.86. The van der Waals surface area contributed by atoms with E-state index in [-0.39, 0.29) is 18.4 Å². The summed E-state index contributed by atoms with van der Waals surface area (Å²) in [6.45, 7) is 5.69. The number of hydrogen-bond acceptors (Lipinski definition) is 6. The van der Waals surface area contributed by atoms with Crippen molar-refractivity contribution in [1.82, 2.24) is 25.1 Å². The standard InChI is InChI=1S/C20H24N8O.ClH/c1-13-11-27(8-6-21-13)17-3-5-22-19-15(17)4-7-28(19)20(29)24-18-9-14-12-26(2)25-16(14)10-23-18;/h3,5,9-10,12-13,21H,4,6-8,11H2,1-2H3,(H,24,29);1H/t13-;/m0./s1. The molecule has 3 aromatic rings. The van der Waals surface area contributed by atoms with Crippen LogP contribution in [0.5, 0.6) is 0 Å². The third kappa shape index (κ3) is 3.66. The lowest BCUT2D eigenvalue weighted by molar-refractivity contribution is 0.257. The maximum atomic E-state index is 12.9. The molecule has 158 valence electrons. The number of aromatic nitrogens is 4. The molecule has 0 spiro atoms. The van der Waals surface area contributed by atoms with Gasteiger partial charge in [0.2, 0.25) is 0 Å². The molecule has 1 fully saturated rings. The monoisotopic (exact) mass is 428 g/mol. The maximum absolute atomic E-state index is 12.9. The molecule has 0 aromatic carbocycles. The van der Waals surface area contributed by atoms with E-state index in [1.807, 2.05) is 19.3 Å². The Morgan fingerprint density at radius 1 is 1.30 bits per heavy atom. The Bertz CT molecular complexity index is 1080. The van der Waals surface area contributed by atoms with Crippen molar-refractivity contribution in [2.45, 2.75) is 19.4 Å². The molecule has 2 amide bonds. The molecule has 0 bridgehead atoms. The zero-order chi connectivity index (χ0) is 20.0. The number of piperazine rings is 1. The molecule has 2 aliphatic rings. The lowest BCUT2D eigenvalue weighted by Crippen LogP contribution is -2.49. The number of aryl methyl sites for hydroxylation is 1. The quantitative estimate of drug-likeness (QED) is 0.650. The van der Waals surface area contributed by atoms with Crippen molar-refractivity contribution >= 4 is 46.7 Å². The molecule has 1 saturated heterocycles. The molecule has 10 heteroatoms. The molecule has 0 unspecified atom stereocenters. The summed E-state index contributed by atoms with van der Waals surface area (Å²) in [5, 5.41) is 11.6. The van der Waals surface area contributed by atoms with Gasteiger partial charge in [0.25, 0.3) is 0 Å². The first-order valence-electron chi connectivity index (χ1n) is 9.92. The highest BCUT2D eigenvalue weighted by atomic mass is 35.5. The van der Waals surface area contributed by atoms with Crippen LogP contribution in [0.2, 0.25) is 0 Å². The molecule has 5 rings (SSSR count). The van der Waals surface area contributed by atoms with Gasteiger partial charge >= 0.3 is 6.03 Å². The Labute approximate surface area is 180 Å². The van der Waals surface area contributed by atoms with Crippen LogP contribution >= 0.6 is 12.4 Å². The highest BCUT2D eigenvalue weighted by molar-refractivity contribution is 6.03. The number of anilines is 3. The second kappa shape index (κ2) is 8.08. The SMILES string of the molecule is C[C@H]1CN(c2ccnc3c2CCN3C(=O)Nc2cc3cn(C)nc3cn2)CCN1.Cl. The van der Waals surface area contributed by atoms with Crippen LogP contribution in [0.25, 0.3) is 10.9 Å². The summed E-state index contributed by atoms with van der Waals surface area (Å²) < 4.78 is 1.73. The van der Waals surface area contributed by atoms with Gasteiger partial charge in [0.05, 0.1) is 6.20 Å². The van der Waals surface area contributed by atoms with Crippen LogP contribution in [-0.2, 0) is 13.5 Å². The molecule has 2 N–H and O–H groups in total. The van der Waals surface area contributed by atoms with Gasteiger partial charge in [0, 0.05) is 68.3 Å². The van der Waals surface area contributed by atoms with Crippen LogP contribution < -0.4 is 20.4 Å². The average Bonchev–Trinajstić information content (AvgIpc) is 3.30. The third-order valence-electron chi connectivity index (χ3n) is 5.54. The Kier molecular flexibility index (Phi) is 5.48. The zero-order valence-electron chi connectivity index (χ0n) is 17.0. The average molecular weight is 429 g/mol. The van der Waals surface area contributed by atoms with E-state index in [1.165, 1.54) is 5.69 Å². The van der Waals surface area contributed by atoms with Crippen LogP contribution in [0.4, 0.5) is 22.1 Å². The van der Waals surface area contributed by atoms with Crippen molar-refractivity contribution in [2.24, 2.45) is 7.05 Å². The number of halogens is 1. The first-order chi connectivity index (χ1) is 14.1. The van der Waals surface area contributed by atoms with Crippen molar-refractivity contribution in [3.8, 4) is 0 Å². The normalized spacial score (nSPS) is 18.3. The number of rotatable bonds is 2. The molecular formula is C20H25ClN8O. The van der Waals surface area contributed by atoms with Crippen LogP contribution in [0.3, 0.4) is 0 Å². The molecule has 0 saturated carbocycles. The zero-order valence-corrected chi connectivity index (χ0v) is 17.8. The summed E-state index contributed by atoms with van der Waals surface area (Å²) in [4.78, 5) is 25.9. The molecule has 3 aromatic heterocycles. The van der Waals surface area contributed by atoms with Crippen molar-refractivity contribution in [2.75, 3.05) is 41.3 Å². The second-order valence-corrected chi connectivity index (χ2v) is 7.70. The highest BCUT2D eigenvalue weighted by Crippen LogP contribution is 2.34. The van der Waals surface area contributed by atoms with Gasteiger partial charge in [-0.25, -0.2) is 14.8 Å². The number of carbonyl (C=O) groups is 1. The molecule has 30 heavy (non-hydrogen) atoms. The molecule has 2 aliphatic heterocycles. The van der Waals surface area contributed by atoms with Crippen molar-refractivity contribution in [1.29, 1.82) is 0 Å². The van der Waals surface area contributed by atoms with Gasteiger partial charge in [-0.1, -0.05) is 0 Å². The van der Waals surface area contributed by atoms with Gasteiger partial charge in [-0.15, -0.1) is 12.4 Å². The van der Waals surface area contributed by atoms with E-state index < -0.39 is 0 Å². The number of hydrogen-bond donors (Lipinski definition) is 2. The molecule has 0 aliphatic carbocycles. The predicted molar refractivity (Wildman–Crippen MR) is 120 cm³/mol. The number of carbonyl (C=O) groups excluding carboxylic acids is 1. The largest absolute Gasteiger partial charge is 0.368 e. The second-order valence-electron chi connectivity index (χ2n) is 7.70. The fourth-order valence-corrected chi connectivity index (χ4v) is 4.21. The molecular weight excluding hydrogens is 404 g/mol. The predicted octanol–water partition coefficient (Wildman–Crippen LogP) is 2.18. The van der Waals surface area contributed by atoms with E-state index >= 15 is 0 Å². The minimum Gasteiger partial charge on any atom is -0.368 e. The van der Waals surface area contributed by atoms with Gasteiger partial charge in [-0.3, -0.25) is 14.9 Å². The van der Waals surface area contributed by atoms with E-state index in [9.17, 15) is 4.79 Å². The minimum absolute atomic E-state index is 0. The molecule has 5 heterocycles. The summed E-state index contributed by atoms with van der Waals surface area (Å²) in [5.74, 6) is 1.25. The van der Waals surface area contributed by atoms with Gasteiger partial charge < -0.3 is 10.2 Å². The van der Waals surface area contributed by atoms with Gasteiger partial charge in [-0.2, -0.15) is 5.10 Å². The number of nitrogens with one attached hydrogen (secondary N) is 2. The summed E-state index contributed by atoms with van der Waals surface area (Å²) in [5.41, 5.74) is 3.13. The number of urea groups is 1. The topological polar surface area (TPSA) is 91.2 Å². The van der Waals surface area contributed by atoms with Crippen molar-refractivity contribution in [3.05, 3.63) is 36.3 Å². The lowest BCUT2D eigenvalue weighted by Gasteiger charge is -2.34. The smallest absolute Gasteiger partial charge is 0.328 e. The fourth-order valence-electron chi connectivity index (χ4n) is 4.21. The van der Waals surface area contributed by atoms with E-state index in [0.29, 0.717) is 18.4 Å². The number of fused-ring (bicyclic) bond motifs is 2. The lowest BCUT2D eigenvalue weighted by atomic mass is 10.1. The van der Waals surface area contributed by atoms with Gasteiger partial charge in [0.15, 0.2) is 0 Å². The number of nitrogens with zero attached hydrogens (tertiary/aromatic N) is 6. The molecule has 0 radical (unpaired) electrons. The van der Waals surface area contributed by atoms with Crippen LogP contribution in [-0.4, -0.2) is 58.0 Å². The van der Waals surface area contributed by atoms with Gasteiger partial charge in [0.1, 0.15) is 17.2 Å². The highest BCUT2D eigenvalue weighted by Gasteiger charge is 2.30. The van der Waals surface area contributed by atoms with E-state index in [4.69, 9.17) is 0 Å². The maximum Gasteiger partial charge on any atom is 0.328 e. The van der Waals surface area contributed by atoms with E-state index in [0.717, 1.165) is 48.3 Å². The third-order valence-corrected chi connectivity index (χ3v) is 5.54. The Hall–Kier alpha value is -2.91.